The van der Waals surface area contributed by atoms with Gasteiger partial charge < -0.3 is 4.74 Å². The summed E-state index contributed by atoms with van der Waals surface area (Å²) < 4.78 is 31.5. The minimum absolute atomic E-state index is 0.235. The van der Waals surface area contributed by atoms with Crippen molar-refractivity contribution < 1.29 is 13.2 Å². The number of hydrogen-bond acceptors (Lipinski definition) is 4. The van der Waals surface area contributed by atoms with E-state index >= 15 is 0 Å². The zero-order valence-electron chi connectivity index (χ0n) is 10.7. The predicted molar refractivity (Wildman–Crippen MR) is 74.4 cm³/mol. The van der Waals surface area contributed by atoms with Crippen molar-refractivity contribution in [2.24, 2.45) is 0 Å². The van der Waals surface area contributed by atoms with Gasteiger partial charge in [0.1, 0.15) is 12.4 Å². The Morgan fingerprint density at radius 2 is 2.32 bits per heavy atom. The Labute approximate surface area is 113 Å². The number of rotatable bonds is 7. The summed E-state index contributed by atoms with van der Waals surface area (Å²) in [7, 11) is -3.70. The van der Waals surface area contributed by atoms with E-state index in [-0.39, 0.29) is 6.42 Å². The number of anilines is 1. The topological polar surface area (TPSA) is 79.2 Å². The molecule has 0 aliphatic heterocycles. The first-order valence-electron chi connectivity index (χ1n) is 5.78. The maximum Gasteiger partial charge on any atom is 0.249 e. The van der Waals surface area contributed by atoms with Crippen molar-refractivity contribution in [1.82, 2.24) is 0 Å². The van der Waals surface area contributed by atoms with Crippen molar-refractivity contribution in [2.45, 2.75) is 18.6 Å². The summed E-state index contributed by atoms with van der Waals surface area (Å²) in [6, 6.07) is 8.31. The first kappa shape index (κ1) is 15.1. The predicted octanol–water partition coefficient (Wildman–Crippen LogP) is 2.30. The van der Waals surface area contributed by atoms with Gasteiger partial charge in [-0.1, -0.05) is 25.6 Å². The van der Waals surface area contributed by atoms with Gasteiger partial charge in [-0.15, -0.1) is 0 Å². The lowest BCUT2D eigenvalue weighted by Crippen LogP contribution is -2.25. The highest BCUT2D eigenvalue weighted by molar-refractivity contribution is 7.93. The molecule has 1 N–H and O–H groups in total. The molecule has 0 heterocycles. The highest BCUT2D eigenvalue weighted by atomic mass is 32.2. The van der Waals surface area contributed by atoms with Gasteiger partial charge in [-0.3, -0.25) is 4.72 Å². The molecule has 5 nitrogen and oxygen atoms in total. The maximum atomic E-state index is 11.9. The van der Waals surface area contributed by atoms with Gasteiger partial charge in [0.15, 0.2) is 5.25 Å². The summed E-state index contributed by atoms with van der Waals surface area (Å²) in [5, 5.41) is 7.74. The van der Waals surface area contributed by atoms with Crippen LogP contribution in [0.5, 0.6) is 5.75 Å². The van der Waals surface area contributed by atoms with Crippen LogP contribution in [0.15, 0.2) is 36.9 Å². The van der Waals surface area contributed by atoms with E-state index in [0.717, 1.165) is 0 Å². The average Bonchev–Trinajstić information content (AvgIpc) is 2.37. The zero-order chi connectivity index (χ0) is 14.3. The lowest BCUT2D eigenvalue weighted by atomic mass is 10.3. The molecule has 102 valence electrons. The van der Waals surface area contributed by atoms with Crippen molar-refractivity contribution in [3.8, 4) is 11.8 Å². The smallest absolute Gasteiger partial charge is 0.249 e. The zero-order valence-corrected chi connectivity index (χ0v) is 11.5. The van der Waals surface area contributed by atoms with E-state index in [2.05, 4.69) is 11.3 Å². The van der Waals surface area contributed by atoms with Gasteiger partial charge in [-0.2, -0.15) is 5.26 Å². The highest BCUT2D eigenvalue weighted by Gasteiger charge is 2.23. The van der Waals surface area contributed by atoms with Crippen LogP contribution in [0.2, 0.25) is 0 Å². The Hall–Kier alpha value is -2.00. The van der Waals surface area contributed by atoms with E-state index < -0.39 is 15.3 Å². The number of benzene rings is 1. The van der Waals surface area contributed by atoms with Gasteiger partial charge in [-0.25, -0.2) is 8.42 Å². The molecule has 0 aliphatic rings. The molecule has 0 unspecified atom stereocenters. The fourth-order valence-electron chi connectivity index (χ4n) is 1.42. The number of ether oxygens (including phenoxy) is 1. The van der Waals surface area contributed by atoms with Crippen molar-refractivity contribution in [1.29, 1.82) is 5.26 Å². The lowest BCUT2D eigenvalue weighted by Gasteiger charge is -2.12. The molecule has 1 aromatic rings. The third kappa shape index (κ3) is 4.30. The van der Waals surface area contributed by atoms with Crippen LogP contribution < -0.4 is 9.46 Å². The van der Waals surface area contributed by atoms with Crippen LogP contribution in [0.1, 0.15) is 13.3 Å². The molecule has 1 rings (SSSR count). The molecule has 0 aromatic heterocycles. The van der Waals surface area contributed by atoms with Gasteiger partial charge in [0, 0.05) is 6.07 Å². The molecule has 0 amide bonds. The first-order chi connectivity index (χ1) is 9.03. The van der Waals surface area contributed by atoms with E-state index in [1.54, 1.807) is 43.3 Å². The molecule has 0 aliphatic carbocycles. The van der Waals surface area contributed by atoms with Crippen LogP contribution in [0.3, 0.4) is 0 Å². The lowest BCUT2D eigenvalue weighted by molar-refractivity contribution is 0.363. The molecule has 0 radical (unpaired) electrons. The van der Waals surface area contributed by atoms with E-state index in [1.807, 2.05) is 0 Å². The summed E-state index contributed by atoms with van der Waals surface area (Å²) in [5.74, 6) is 0.533. The minimum Gasteiger partial charge on any atom is -0.489 e. The van der Waals surface area contributed by atoms with E-state index in [4.69, 9.17) is 10.00 Å². The van der Waals surface area contributed by atoms with Crippen LogP contribution in [0, 0.1) is 11.3 Å². The molecule has 1 atom stereocenters. The second kappa shape index (κ2) is 6.81. The standard InChI is InChI=1S/C13H16N2O3S/c1-3-8-18-12-7-5-6-11(9-12)15-19(16,17)13(4-2)10-14/h3,5-7,9,13,15H,1,4,8H2,2H3/t13-/m1/s1. The fraction of sp³-hybridized carbons (Fsp3) is 0.308. The third-order valence-corrected chi connectivity index (χ3v) is 4.06. The Morgan fingerprint density at radius 3 is 2.89 bits per heavy atom. The summed E-state index contributed by atoms with van der Waals surface area (Å²) in [6.45, 7) is 5.52. The van der Waals surface area contributed by atoms with Gasteiger partial charge in [0.05, 0.1) is 11.8 Å². The van der Waals surface area contributed by atoms with Crippen molar-refractivity contribution in [3.05, 3.63) is 36.9 Å². The SMILES string of the molecule is C=CCOc1cccc(NS(=O)(=O)[C@@H](C#N)CC)c1. The second-order valence-corrected chi connectivity index (χ2v) is 5.66. The van der Waals surface area contributed by atoms with Crippen molar-refractivity contribution in [3.63, 3.8) is 0 Å². The van der Waals surface area contributed by atoms with E-state index in [9.17, 15) is 8.42 Å². The van der Waals surface area contributed by atoms with Gasteiger partial charge in [-0.05, 0) is 18.6 Å². The summed E-state index contributed by atoms with van der Waals surface area (Å²) in [6.07, 6.45) is 1.83. The highest BCUT2D eigenvalue weighted by Crippen LogP contribution is 2.20. The van der Waals surface area contributed by atoms with Crippen LogP contribution in [0.4, 0.5) is 5.69 Å². The van der Waals surface area contributed by atoms with Crippen molar-refractivity contribution >= 4 is 15.7 Å². The molecule has 0 saturated heterocycles. The Bertz CT molecular complexity index is 576. The van der Waals surface area contributed by atoms with Crippen LogP contribution >= 0.6 is 0 Å². The maximum absolute atomic E-state index is 11.9. The molecular formula is C13H16N2O3S. The second-order valence-electron chi connectivity index (χ2n) is 3.80. The van der Waals surface area contributed by atoms with Gasteiger partial charge >= 0.3 is 0 Å². The summed E-state index contributed by atoms with van der Waals surface area (Å²) in [5.41, 5.74) is 0.371. The number of nitriles is 1. The average molecular weight is 280 g/mol. The van der Waals surface area contributed by atoms with Crippen LogP contribution in [-0.2, 0) is 10.0 Å². The third-order valence-electron chi connectivity index (χ3n) is 2.35. The largest absolute Gasteiger partial charge is 0.489 e. The number of nitrogens with zero attached hydrogens (tertiary/aromatic N) is 1. The molecule has 0 bridgehead atoms. The van der Waals surface area contributed by atoms with Crippen molar-refractivity contribution in [2.75, 3.05) is 11.3 Å². The number of nitrogens with one attached hydrogen (secondary N) is 1. The van der Waals surface area contributed by atoms with Crippen LogP contribution in [0.25, 0.3) is 0 Å². The summed E-state index contributed by atoms with van der Waals surface area (Å²) in [4.78, 5) is 0. The fourth-order valence-corrected chi connectivity index (χ4v) is 2.60. The van der Waals surface area contributed by atoms with Gasteiger partial charge in [0.25, 0.3) is 0 Å². The molecule has 0 spiro atoms. The normalized spacial score (nSPS) is 12.2. The first-order valence-corrected chi connectivity index (χ1v) is 7.33. The van der Waals surface area contributed by atoms with Crippen LogP contribution in [-0.4, -0.2) is 20.3 Å². The molecule has 19 heavy (non-hydrogen) atoms. The Kier molecular flexibility index (Phi) is 5.39. The monoisotopic (exact) mass is 280 g/mol. The minimum atomic E-state index is -3.70. The quantitative estimate of drug-likeness (QED) is 0.777. The van der Waals surface area contributed by atoms with E-state index in [1.165, 1.54) is 0 Å². The number of sulfonamides is 1. The molecule has 6 heteroatoms. The molecule has 0 fully saturated rings. The van der Waals surface area contributed by atoms with E-state index in [0.29, 0.717) is 18.0 Å². The Balaban J connectivity index is 2.88. The molecule has 0 saturated carbocycles. The molecule has 1 aromatic carbocycles. The number of hydrogen-bond donors (Lipinski definition) is 1. The summed E-state index contributed by atoms with van der Waals surface area (Å²) >= 11 is 0. The Morgan fingerprint density at radius 1 is 1.58 bits per heavy atom. The van der Waals surface area contributed by atoms with Gasteiger partial charge in [0.2, 0.25) is 10.0 Å². The molecular weight excluding hydrogens is 264 g/mol.